The fraction of sp³-hybridized carbons (Fsp3) is 0.824. The molecule has 0 amide bonds. The van der Waals surface area contributed by atoms with Crippen molar-refractivity contribution in [3.05, 3.63) is 10.6 Å². The molecule has 1 aliphatic carbocycles. The molecule has 1 saturated heterocycles. The van der Waals surface area contributed by atoms with Crippen LogP contribution in [0.1, 0.15) is 56.5 Å². The van der Waals surface area contributed by atoms with Crippen LogP contribution in [0.3, 0.4) is 0 Å². The lowest BCUT2D eigenvalue weighted by Gasteiger charge is -2.37. The molecular weight excluding hydrogens is 278 g/mol. The van der Waals surface area contributed by atoms with Crippen molar-refractivity contribution in [2.75, 3.05) is 18.0 Å². The second kappa shape index (κ2) is 6.66. The molecule has 3 nitrogen and oxygen atoms in total. The monoisotopic (exact) mass is 307 g/mol. The van der Waals surface area contributed by atoms with Gasteiger partial charge in [0.15, 0.2) is 5.13 Å². The van der Waals surface area contributed by atoms with Crippen LogP contribution >= 0.6 is 11.3 Å². The first-order valence-corrected chi connectivity index (χ1v) is 9.40. The molecule has 4 heteroatoms. The van der Waals surface area contributed by atoms with Gasteiger partial charge in [0.25, 0.3) is 0 Å². The number of hydrogen-bond donors (Lipinski definition) is 1. The number of piperidine rings is 1. The third-order valence-corrected chi connectivity index (χ3v) is 6.15. The highest BCUT2D eigenvalue weighted by Crippen LogP contribution is 2.40. The number of aromatic nitrogens is 1. The Balaban J connectivity index is 1.68. The third-order valence-electron chi connectivity index (χ3n) is 4.96. The van der Waals surface area contributed by atoms with Gasteiger partial charge in [0.2, 0.25) is 0 Å². The fourth-order valence-electron chi connectivity index (χ4n) is 3.87. The van der Waals surface area contributed by atoms with Gasteiger partial charge in [-0.1, -0.05) is 20.3 Å². The van der Waals surface area contributed by atoms with Gasteiger partial charge in [-0.15, -0.1) is 11.3 Å². The topological polar surface area (TPSA) is 28.2 Å². The Kier molecular flexibility index (Phi) is 4.85. The van der Waals surface area contributed by atoms with E-state index in [2.05, 4.69) is 31.0 Å². The number of anilines is 1. The van der Waals surface area contributed by atoms with Gasteiger partial charge >= 0.3 is 0 Å². The maximum atomic E-state index is 4.90. The minimum absolute atomic E-state index is 0.707. The minimum Gasteiger partial charge on any atom is -0.345 e. The zero-order chi connectivity index (χ0) is 14.8. The third kappa shape index (κ3) is 3.42. The summed E-state index contributed by atoms with van der Waals surface area (Å²) in [5.41, 5.74) is 1.23. The Bertz CT molecular complexity index is 469. The fourth-order valence-corrected chi connectivity index (χ4v) is 4.98. The average Bonchev–Trinajstić information content (AvgIpc) is 3.05. The van der Waals surface area contributed by atoms with E-state index in [1.807, 2.05) is 11.3 Å². The predicted molar refractivity (Wildman–Crippen MR) is 91.1 cm³/mol. The van der Waals surface area contributed by atoms with E-state index in [1.165, 1.54) is 54.4 Å². The minimum atomic E-state index is 0.707. The molecule has 1 aromatic rings. The summed E-state index contributed by atoms with van der Waals surface area (Å²) in [5, 5.41) is 4.84. The summed E-state index contributed by atoms with van der Waals surface area (Å²) in [4.78, 5) is 8.95. The molecule has 0 radical (unpaired) electrons. The van der Waals surface area contributed by atoms with Crippen LogP contribution in [-0.2, 0) is 6.54 Å². The molecule has 2 aliphatic rings. The van der Waals surface area contributed by atoms with Gasteiger partial charge in [-0.3, -0.25) is 0 Å². The number of nitrogens with one attached hydrogen (secondary N) is 1. The normalized spacial score (nSPS) is 25.6. The van der Waals surface area contributed by atoms with Crippen LogP contribution in [0.5, 0.6) is 0 Å². The van der Waals surface area contributed by atoms with Crippen molar-refractivity contribution >= 4 is 16.5 Å². The predicted octanol–water partition coefficient (Wildman–Crippen LogP) is 3.97. The first-order chi connectivity index (χ1) is 10.1. The van der Waals surface area contributed by atoms with Crippen molar-refractivity contribution in [2.24, 2.45) is 11.8 Å². The summed E-state index contributed by atoms with van der Waals surface area (Å²) in [6, 6.07) is 0.778. The Morgan fingerprint density at radius 3 is 2.90 bits per heavy atom. The molecule has 2 heterocycles. The van der Waals surface area contributed by atoms with Crippen LogP contribution in [0.15, 0.2) is 0 Å². The van der Waals surface area contributed by atoms with Crippen LogP contribution in [-0.4, -0.2) is 24.1 Å². The Labute approximate surface area is 133 Å². The van der Waals surface area contributed by atoms with Crippen molar-refractivity contribution in [3.8, 4) is 0 Å². The molecule has 0 bridgehead atoms. The van der Waals surface area contributed by atoms with Gasteiger partial charge < -0.3 is 10.2 Å². The van der Waals surface area contributed by atoms with Gasteiger partial charge in [-0.2, -0.15) is 0 Å². The summed E-state index contributed by atoms with van der Waals surface area (Å²) in [6.45, 7) is 9.96. The molecule has 1 aromatic heterocycles. The lowest BCUT2D eigenvalue weighted by atomic mass is 9.92. The van der Waals surface area contributed by atoms with Crippen LogP contribution in [0.2, 0.25) is 0 Å². The highest BCUT2D eigenvalue weighted by Gasteiger charge is 2.36. The second-order valence-electron chi connectivity index (χ2n) is 7.12. The molecule has 1 aliphatic heterocycles. The van der Waals surface area contributed by atoms with Gasteiger partial charge in [0, 0.05) is 24.0 Å². The first-order valence-electron chi connectivity index (χ1n) is 8.59. The van der Waals surface area contributed by atoms with E-state index in [0.717, 1.165) is 25.0 Å². The number of thiazole rings is 1. The molecule has 2 atom stereocenters. The van der Waals surface area contributed by atoms with E-state index < -0.39 is 0 Å². The average molecular weight is 308 g/mol. The smallest absolute Gasteiger partial charge is 0.186 e. The summed E-state index contributed by atoms with van der Waals surface area (Å²) in [6.07, 6.45) is 7.02. The number of hydrogen-bond acceptors (Lipinski definition) is 4. The molecule has 118 valence electrons. The van der Waals surface area contributed by atoms with Gasteiger partial charge in [-0.25, -0.2) is 4.98 Å². The zero-order valence-electron chi connectivity index (χ0n) is 13.7. The Morgan fingerprint density at radius 2 is 2.10 bits per heavy atom. The Morgan fingerprint density at radius 1 is 1.29 bits per heavy atom. The molecule has 3 rings (SSSR count). The van der Waals surface area contributed by atoms with Crippen molar-refractivity contribution < 1.29 is 0 Å². The number of fused-ring (bicyclic) bond motifs is 1. The number of nitrogens with zero attached hydrogens (tertiary/aromatic N) is 2. The van der Waals surface area contributed by atoms with Gasteiger partial charge in [-0.05, 0) is 51.0 Å². The quantitative estimate of drug-likeness (QED) is 0.892. The van der Waals surface area contributed by atoms with E-state index in [9.17, 15) is 0 Å². The van der Waals surface area contributed by atoms with E-state index >= 15 is 0 Å². The molecule has 2 unspecified atom stereocenters. The number of rotatable bonds is 5. The SMILES string of the molecule is Cc1nc(N2CCCC3CCCC32)sc1CNCC(C)C. The van der Waals surface area contributed by atoms with E-state index in [0.29, 0.717) is 5.92 Å². The Hall–Kier alpha value is -0.610. The van der Waals surface area contributed by atoms with Crippen molar-refractivity contribution in [3.63, 3.8) is 0 Å². The van der Waals surface area contributed by atoms with Crippen molar-refractivity contribution in [2.45, 2.75) is 65.5 Å². The van der Waals surface area contributed by atoms with Crippen LogP contribution in [0, 0.1) is 18.8 Å². The van der Waals surface area contributed by atoms with Crippen molar-refractivity contribution in [1.82, 2.24) is 10.3 Å². The van der Waals surface area contributed by atoms with E-state index in [1.54, 1.807) is 0 Å². The first kappa shape index (κ1) is 15.3. The van der Waals surface area contributed by atoms with Crippen LogP contribution in [0.4, 0.5) is 5.13 Å². The molecular formula is C17H29N3S. The van der Waals surface area contributed by atoms with Crippen LogP contribution in [0.25, 0.3) is 0 Å². The van der Waals surface area contributed by atoms with Crippen LogP contribution < -0.4 is 10.2 Å². The maximum absolute atomic E-state index is 4.90. The largest absolute Gasteiger partial charge is 0.345 e. The lowest BCUT2D eigenvalue weighted by molar-refractivity contribution is 0.362. The summed E-state index contributed by atoms with van der Waals surface area (Å²) in [7, 11) is 0. The highest BCUT2D eigenvalue weighted by atomic mass is 32.1. The standard InChI is InChI=1S/C17H29N3S/c1-12(2)10-18-11-16-13(3)19-17(21-16)20-9-5-7-14-6-4-8-15(14)20/h12,14-15,18H,4-11H2,1-3H3. The summed E-state index contributed by atoms with van der Waals surface area (Å²) < 4.78 is 0. The molecule has 0 aromatic carbocycles. The van der Waals surface area contributed by atoms with E-state index in [4.69, 9.17) is 4.98 Å². The molecule has 21 heavy (non-hydrogen) atoms. The molecule has 1 N–H and O–H groups in total. The highest BCUT2D eigenvalue weighted by molar-refractivity contribution is 7.15. The maximum Gasteiger partial charge on any atom is 0.186 e. The molecule has 0 spiro atoms. The molecule has 2 fully saturated rings. The number of aryl methyl sites for hydroxylation is 1. The summed E-state index contributed by atoms with van der Waals surface area (Å²) >= 11 is 1.92. The van der Waals surface area contributed by atoms with E-state index in [-0.39, 0.29) is 0 Å². The molecule has 1 saturated carbocycles. The van der Waals surface area contributed by atoms with Gasteiger partial charge in [0.05, 0.1) is 5.69 Å². The second-order valence-corrected chi connectivity index (χ2v) is 8.19. The van der Waals surface area contributed by atoms with Crippen molar-refractivity contribution in [1.29, 1.82) is 0 Å². The lowest BCUT2D eigenvalue weighted by Crippen LogP contribution is -2.42. The van der Waals surface area contributed by atoms with Gasteiger partial charge in [0.1, 0.15) is 0 Å². The zero-order valence-corrected chi connectivity index (χ0v) is 14.5. The summed E-state index contributed by atoms with van der Waals surface area (Å²) in [5.74, 6) is 1.64.